The number of amides is 2. The largest absolute Gasteiger partial charge is 0.352 e. The number of nitrogens with zero attached hydrogens (tertiary/aromatic N) is 4. The first-order valence-electron chi connectivity index (χ1n) is 4.95. The van der Waals surface area contributed by atoms with Gasteiger partial charge in [0.25, 0.3) is 11.7 Å². The Bertz CT molecular complexity index is 385. The molecule has 16 heavy (non-hydrogen) atoms. The summed E-state index contributed by atoms with van der Waals surface area (Å²) in [6.45, 7) is 0.00384. The van der Waals surface area contributed by atoms with E-state index in [0.29, 0.717) is 6.04 Å². The minimum atomic E-state index is -0.431. The molecule has 0 aliphatic heterocycles. The molecule has 8 heteroatoms. The van der Waals surface area contributed by atoms with Gasteiger partial charge in [0.05, 0.1) is 6.54 Å². The molecule has 1 fully saturated rings. The van der Waals surface area contributed by atoms with Crippen LogP contribution in [0.3, 0.4) is 0 Å². The summed E-state index contributed by atoms with van der Waals surface area (Å²) in [5.41, 5.74) is 0. The molecule has 1 aliphatic carbocycles. The average molecular weight is 224 g/mol. The number of hydrogen-bond donors (Lipinski definition) is 2. The number of nitrogens with one attached hydrogen (secondary N) is 2. The number of carbonyl (C=O) groups excluding carboxylic acids is 2. The minimum Gasteiger partial charge on any atom is -0.352 e. The van der Waals surface area contributed by atoms with Crippen molar-refractivity contribution in [1.29, 1.82) is 0 Å². The summed E-state index contributed by atoms with van der Waals surface area (Å²) in [5.74, 6) is -0.636. The maximum atomic E-state index is 11.6. The zero-order valence-corrected chi connectivity index (χ0v) is 8.80. The predicted molar refractivity (Wildman–Crippen MR) is 52.3 cm³/mol. The van der Waals surface area contributed by atoms with Crippen molar-refractivity contribution in [2.45, 2.75) is 18.9 Å². The van der Waals surface area contributed by atoms with E-state index in [9.17, 15) is 9.59 Å². The maximum absolute atomic E-state index is 11.6. The molecule has 0 bridgehead atoms. The van der Waals surface area contributed by atoms with E-state index in [-0.39, 0.29) is 18.3 Å². The predicted octanol–water partition coefficient (Wildman–Crippen LogP) is -1.45. The molecule has 0 atom stereocenters. The molecule has 86 valence electrons. The van der Waals surface area contributed by atoms with E-state index >= 15 is 0 Å². The molecular formula is C8H12N6O2. The van der Waals surface area contributed by atoms with Crippen LogP contribution in [0.15, 0.2) is 0 Å². The molecule has 0 spiro atoms. The van der Waals surface area contributed by atoms with Gasteiger partial charge in [-0.25, -0.2) is 0 Å². The van der Waals surface area contributed by atoms with Crippen molar-refractivity contribution in [3.05, 3.63) is 5.82 Å². The SMILES string of the molecule is CN(CC(=O)NC1CC1)C(=O)c1nn[nH]n1. The van der Waals surface area contributed by atoms with E-state index in [1.165, 1.54) is 11.9 Å². The average Bonchev–Trinajstić information content (AvgIpc) is 2.89. The van der Waals surface area contributed by atoms with Gasteiger partial charge < -0.3 is 10.2 Å². The molecule has 1 heterocycles. The lowest BCUT2D eigenvalue weighted by Crippen LogP contribution is -2.39. The summed E-state index contributed by atoms with van der Waals surface area (Å²) in [6, 6.07) is 0.293. The van der Waals surface area contributed by atoms with Crippen LogP contribution < -0.4 is 5.32 Å². The lowest BCUT2D eigenvalue weighted by Gasteiger charge is -2.14. The highest BCUT2D eigenvalue weighted by molar-refractivity contribution is 5.93. The van der Waals surface area contributed by atoms with E-state index < -0.39 is 5.91 Å². The zero-order valence-electron chi connectivity index (χ0n) is 8.80. The molecule has 2 amide bonds. The Morgan fingerprint density at radius 3 is 2.88 bits per heavy atom. The number of carbonyl (C=O) groups is 2. The third-order valence-electron chi connectivity index (χ3n) is 2.21. The van der Waals surface area contributed by atoms with Crippen molar-refractivity contribution >= 4 is 11.8 Å². The Morgan fingerprint density at radius 2 is 2.31 bits per heavy atom. The molecule has 0 saturated heterocycles. The lowest BCUT2D eigenvalue weighted by atomic mass is 10.4. The summed E-state index contributed by atoms with van der Waals surface area (Å²) < 4.78 is 0. The first-order chi connectivity index (χ1) is 7.66. The summed E-state index contributed by atoms with van der Waals surface area (Å²) in [7, 11) is 1.52. The highest BCUT2D eigenvalue weighted by Gasteiger charge is 2.25. The van der Waals surface area contributed by atoms with Gasteiger partial charge in [0, 0.05) is 13.1 Å². The molecule has 2 N–H and O–H groups in total. The van der Waals surface area contributed by atoms with Crippen LogP contribution in [0.25, 0.3) is 0 Å². The normalized spacial score (nSPS) is 14.6. The molecule has 1 aromatic heterocycles. The van der Waals surface area contributed by atoms with Gasteiger partial charge >= 0.3 is 0 Å². The molecule has 1 saturated carbocycles. The van der Waals surface area contributed by atoms with Gasteiger partial charge in [-0.3, -0.25) is 9.59 Å². The topological polar surface area (TPSA) is 104 Å². The number of H-pyrrole nitrogens is 1. The second-order valence-corrected chi connectivity index (χ2v) is 3.74. The summed E-state index contributed by atoms with van der Waals surface area (Å²) in [4.78, 5) is 24.3. The van der Waals surface area contributed by atoms with E-state index in [0.717, 1.165) is 12.8 Å². The van der Waals surface area contributed by atoms with Gasteiger partial charge in [-0.1, -0.05) is 0 Å². The fourth-order valence-corrected chi connectivity index (χ4v) is 1.21. The summed E-state index contributed by atoms with van der Waals surface area (Å²) in [5, 5.41) is 15.3. The number of aromatic amines is 1. The van der Waals surface area contributed by atoms with Crippen LogP contribution in [0.5, 0.6) is 0 Å². The van der Waals surface area contributed by atoms with Crippen LogP contribution in [-0.4, -0.2) is 57.0 Å². The highest BCUT2D eigenvalue weighted by Crippen LogP contribution is 2.18. The van der Waals surface area contributed by atoms with Gasteiger partial charge in [-0.2, -0.15) is 5.21 Å². The van der Waals surface area contributed by atoms with Crippen LogP contribution in [0.2, 0.25) is 0 Å². The van der Waals surface area contributed by atoms with E-state index in [2.05, 4.69) is 25.9 Å². The molecule has 0 aromatic carbocycles. The maximum Gasteiger partial charge on any atom is 0.295 e. The standard InChI is InChI=1S/C8H12N6O2/c1-14(4-6(15)9-5-2-3-5)8(16)7-10-12-13-11-7/h5H,2-4H2,1H3,(H,9,15)(H,10,11,12,13). The number of aromatic nitrogens is 4. The molecule has 1 aliphatic rings. The van der Waals surface area contributed by atoms with Crippen molar-refractivity contribution in [2.75, 3.05) is 13.6 Å². The van der Waals surface area contributed by atoms with Crippen LogP contribution in [0.4, 0.5) is 0 Å². The minimum absolute atomic E-state index is 0.00384. The van der Waals surface area contributed by atoms with Gasteiger partial charge in [-0.05, 0) is 18.1 Å². The lowest BCUT2D eigenvalue weighted by molar-refractivity contribution is -0.121. The van der Waals surface area contributed by atoms with E-state index in [1.54, 1.807) is 0 Å². The van der Waals surface area contributed by atoms with Crippen LogP contribution >= 0.6 is 0 Å². The van der Waals surface area contributed by atoms with Gasteiger partial charge in [-0.15, -0.1) is 10.2 Å². The Hall–Kier alpha value is -1.99. The first-order valence-corrected chi connectivity index (χ1v) is 4.95. The van der Waals surface area contributed by atoms with Crippen LogP contribution in [-0.2, 0) is 4.79 Å². The quantitative estimate of drug-likeness (QED) is 0.651. The second-order valence-electron chi connectivity index (χ2n) is 3.74. The molecular weight excluding hydrogens is 212 g/mol. The molecule has 0 unspecified atom stereocenters. The first kappa shape index (κ1) is 10.5. The van der Waals surface area contributed by atoms with Crippen molar-refractivity contribution in [2.24, 2.45) is 0 Å². The number of rotatable bonds is 4. The molecule has 1 aromatic rings. The molecule has 2 rings (SSSR count). The van der Waals surface area contributed by atoms with Crippen molar-refractivity contribution in [1.82, 2.24) is 30.8 Å². The Labute approximate surface area is 91.4 Å². The summed E-state index contributed by atoms with van der Waals surface area (Å²) >= 11 is 0. The molecule has 0 radical (unpaired) electrons. The van der Waals surface area contributed by atoms with Gasteiger partial charge in [0.15, 0.2) is 0 Å². The Morgan fingerprint density at radius 1 is 1.56 bits per heavy atom. The number of likely N-dealkylation sites (N-methyl/N-ethyl adjacent to an activating group) is 1. The summed E-state index contributed by atoms with van der Waals surface area (Å²) in [6.07, 6.45) is 2.04. The third-order valence-corrected chi connectivity index (χ3v) is 2.21. The van der Waals surface area contributed by atoms with Crippen molar-refractivity contribution in [3.63, 3.8) is 0 Å². The Kier molecular flexibility index (Phi) is 2.80. The second kappa shape index (κ2) is 4.25. The Balaban J connectivity index is 1.84. The fourth-order valence-electron chi connectivity index (χ4n) is 1.21. The number of hydrogen-bond acceptors (Lipinski definition) is 5. The van der Waals surface area contributed by atoms with Crippen LogP contribution in [0, 0.1) is 0 Å². The number of tetrazole rings is 1. The van der Waals surface area contributed by atoms with E-state index in [1.807, 2.05) is 0 Å². The van der Waals surface area contributed by atoms with E-state index in [4.69, 9.17) is 0 Å². The smallest absolute Gasteiger partial charge is 0.295 e. The highest BCUT2D eigenvalue weighted by atomic mass is 16.2. The molecule has 8 nitrogen and oxygen atoms in total. The van der Waals surface area contributed by atoms with Crippen LogP contribution in [0.1, 0.15) is 23.5 Å². The van der Waals surface area contributed by atoms with Gasteiger partial charge in [0.2, 0.25) is 5.91 Å². The van der Waals surface area contributed by atoms with Crippen molar-refractivity contribution in [3.8, 4) is 0 Å². The third kappa shape index (κ3) is 2.53. The zero-order chi connectivity index (χ0) is 11.5. The van der Waals surface area contributed by atoms with Crippen molar-refractivity contribution < 1.29 is 9.59 Å². The monoisotopic (exact) mass is 224 g/mol. The fraction of sp³-hybridized carbons (Fsp3) is 0.625. The van der Waals surface area contributed by atoms with Gasteiger partial charge in [0.1, 0.15) is 0 Å².